The fourth-order valence-corrected chi connectivity index (χ4v) is 1.87. The van der Waals surface area contributed by atoms with Gasteiger partial charge in [0.15, 0.2) is 0 Å². The Labute approximate surface area is 64.0 Å². The van der Waals surface area contributed by atoms with Crippen LogP contribution >= 0.6 is 0 Å². The van der Waals surface area contributed by atoms with E-state index in [1.807, 2.05) is 0 Å². The Morgan fingerprint density at radius 2 is 2.09 bits per heavy atom. The molecule has 2 aliphatic rings. The molecule has 1 saturated heterocycles. The Bertz CT molecular complexity index is 233. The summed E-state index contributed by atoms with van der Waals surface area (Å²) in [4.78, 5) is 11.8. The fourth-order valence-electron chi connectivity index (χ4n) is 1.87. The molecule has 0 radical (unpaired) electrons. The summed E-state index contributed by atoms with van der Waals surface area (Å²) in [7, 11) is 0. The molecule has 1 heterocycles. The number of amides is 1. The van der Waals surface area contributed by atoms with E-state index in [0.29, 0.717) is 24.9 Å². The molecule has 0 aromatic rings. The van der Waals surface area contributed by atoms with Gasteiger partial charge in [-0.2, -0.15) is 5.26 Å². The molecule has 2 rings (SSSR count). The van der Waals surface area contributed by atoms with E-state index < -0.39 is 6.09 Å². The second kappa shape index (κ2) is 1.88. The van der Waals surface area contributed by atoms with E-state index in [-0.39, 0.29) is 5.92 Å². The van der Waals surface area contributed by atoms with Gasteiger partial charge in [-0.15, -0.1) is 0 Å². The van der Waals surface area contributed by atoms with Crippen LogP contribution in [0.15, 0.2) is 0 Å². The lowest BCUT2D eigenvalue weighted by molar-refractivity contribution is 0.149. The molecule has 2 fully saturated rings. The van der Waals surface area contributed by atoms with E-state index in [0.717, 1.165) is 0 Å². The molecule has 0 unspecified atom stereocenters. The van der Waals surface area contributed by atoms with Gasteiger partial charge in [0.2, 0.25) is 0 Å². The molecule has 0 spiro atoms. The van der Waals surface area contributed by atoms with E-state index >= 15 is 0 Å². The highest BCUT2D eigenvalue weighted by Gasteiger charge is 2.57. The molecule has 0 aromatic carbocycles. The SMILES string of the molecule is N#C[C@@H]1[C@H]2CN(C(=O)O)C[C@@H]12. The van der Waals surface area contributed by atoms with E-state index in [1.165, 1.54) is 4.90 Å². The average Bonchev–Trinajstić information content (AvgIpc) is 2.41. The summed E-state index contributed by atoms with van der Waals surface area (Å²) < 4.78 is 0. The second-order valence-corrected chi connectivity index (χ2v) is 3.17. The fraction of sp³-hybridized carbons (Fsp3) is 0.714. The predicted octanol–water partition coefficient (Wildman–Crippen LogP) is 0.366. The molecule has 1 saturated carbocycles. The number of rotatable bonds is 0. The van der Waals surface area contributed by atoms with Crippen LogP contribution in [0.1, 0.15) is 0 Å². The van der Waals surface area contributed by atoms with Crippen LogP contribution in [0.4, 0.5) is 4.79 Å². The molecule has 11 heavy (non-hydrogen) atoms. The van der Waals surface area contributed by atoms with Gasteiger partial charge in [0.05, 0.1) is 12.0 Å². The van der Waals surface area contributed by atoms with E-state index in [2.05, 4.69) is 6.07 Å². The van der Waals surface area contributed by atoms with Crippen molar-refractivity contribution < 1.29 is 9.90 Å². The lowest BCUT2D eigenvalue weighted by Crippen LogP contribution is -2.29. The monoisotopic (exact) mass is 152 g/mol. The number of hydrogen-bond acceptors (Lipinski definition) is 2. The predicted molar refractivity (Wildman–Crippen MR) is 35.7 cm³/mol. The van der Waals surface area contributed by atoms with Gasteiger partial charge >= 0.3 is 6.09 Å². The van der Waals surface area contributed by atoms with Crippen LogP contribution in [0, 0.1) is 29.1 Å². The van der Waals surface area contributed by atoms with Crippen LogP contribution in [-0.2, 0) is 0 Å². The number of likely N-dealkylation sites (tertiary alicyclic amines) is 1. The van der Waals surface area contributed by atoms with Crippen LogP contribution in [0.25, 0.3) is 0 Å². The van der Waals surface area contributed by atoms with Gasteiger partial charge in [0.25, 0.3) is 0 Å². The maximum Gasteiger partial charge on any atom is 0.407 e. The third-order valence-electron chi connectivity index (χ3n) is 2.61. The minimum absolute atomic E-state index is 0.144. The highest BCUT2D eigenvalue weighted by atomic mass is 16.4. The summed E-state index contributed by atoms with van der Waals surface area (Å²) >= 11 is 0. The Morgan fingerprint density at radius 3 is 2.45 bits per heavy atom. The summed E-state index contributed by atoms with van der Waals surface area (Å²) in [6.45, 7) is 1.14. The van der Waals surface area contributed by atoms with Crippen LogP contribution < -0.4 is 0 Å². The molecule has 4 nitrogen and oxygen atoms in total. The molecule has 0 aromatic heterocycles. The van der Waals surface area contributed by atoms with Crippen molar-refractivity contribution in [3.05, 3.63) is 0 Å². The summed E-state index contributed by atoms with van der Waals surface area (Å²) in [6.07, 6.45) is -0.853. The molecule has 4 heteroatoms. The molecular weight excluding hydrogens is 144 g/mol. The van der Waals surface area contributed by atoms with Crippen LogP contribution in [0.5, 0.6) is 0 Å². The molecule has 1 aliphatic heterocycles. The summed E-state index contributed by atoms with van der Waals surface area (Å²) in [6, 6.07) is 2.18. The lowest BCUT2D eigenvalue weighted by atomic mass is 10.3. The maximum absolute atomic E-state index is 10.4. The van der Waals surface area contributed by atoms with Gasteiger partial charge in [-0.3, -0.25) is 0 Å². The van der Waals surface area contributed by atoms with Crippen LogP contribution in [0.2, 0.25) is 0 Å². The van der Waals surface area contributed by atoms with Crippen LogP contribution in [0.3, 0.4) is 0 Å². The maximum atomic E-state index is 10.4. The smallest absolute Gasteiger partial charge is 0.407 e. The molecule has 58 valence electrons. The van der Waals surface area contributed by atoms with Crippen molar-refractivity contribution in [2.45, 2.75) is 0 Å². The topological polar surface area (TPSA) is 64.3 Å². The van der Waals surface area contributed by atoms with Gasteiger partial charge in [0, 0.05) is 13.1 Å². The van der Waals surface area contributed by atoms with Gasteiger partial charge in [-0.25, -0.2) is 4.79 Å². The minimum Gasteiger partial charge on any atom is -0.465 e. The number of hydrogen-bond donors (Lipinski definition) is 1. The van der Waals surface area contributed by atoms with E-state index in [1.54, 1.807) is 0 Å². The van der Waals surface area contributed by atoms with Gasteiger partial charge in [-0.1, -0.05) is 0 Å². The number of carbonyl (C=O) groups is 1. The minimum atomic E-state index is -0.853. The number of fused-ring (bicyclic) bond motifs is 1. The zero-order chi connectivity index (χ0) is 8.01. The summed E-state index contributed by atoms with van der Waals surface area (Å²) in [5, 5.41) is 17.1. The van der Waals surface area contributed by atoms with Crippen molar-refractivity contribution in [3.63, 3.8) is 0 Å². The molecule has 1 aliphatic carbocycles. The summed E-state index contributed by atoms with van der Waals surface area (Å²) in [5.41, 5.74) is 0. The zero-order valence-electron chi connectivity index (χ0n) is 5.90. The van der Waals surface area contributed by atoms with Crippen molar-refractivity contribution in [3.8, 4) is 6.07 Å². The van der Waals surface area contributed by atoms with E-state index in [4.69, 9.17) is 10.4 Å². The first kappa shape index (κ1) is 6.47. The lowest BCUT2D eigenvalue weighted by Gasteiger charge is -2.13. The van der Waals surface area contributed by atoms with Gasteiger partial charge in [-0.05, 0) is 11.8 Å². The molecule has 1 N–H and O–H groups in total. The Morgan fingerprint density at radius 1 is 1.55 bits per heavy atom. The summed E-state index contributed by atoms with van der Waals surface area (Å²) in [5.74, 6) is 0.831. The molecule has 0 bridgehead atoms. The van der Waals surface area contributed by atoms with Crippen LogP contribution in [-0.4, -0.2) is 29.2 Å². The van der Waals surface area contributed by atoms with Gasteiger partial charge in [0.1, 0.15) is 0 Å². The van der Waals surface area contributed by atoms with Crippen molar-refractivity contribution in [1.82, 2.24) is 4.90 Å². The first-order valence-corrected chi connectivity index (χ1v) is 3.61. The van der Waals surface area contributed by atoms with Crippen molar-refractivity contribution in [1.29, 1.82) is 5.26 Å². The highest BCUT2D eigenvalue weighted by molar-refractivity contribution is 5.65. The van der Waals surface area contributed by atoms with Crippen molar-refractivity contribution >= 4 is 6.09 Å². The van der Waals surface area contributed by atoms with E-state index in [9.17, 15) is 4.79 Å². The Hall–Kier alpha value is -1.24. The first-order valence-electron chi connectivity index (χ1n) is 3.61. The molecular formula is C7H8N2O2. The zero-order valence-corrected chi connectivity index (χ0v) is 5.90. The van der Waals surface area contributed by atoms with Crippen molar-refractivity contribution in [2.75, 3.05) is 13.1 Å². The standard InChI is InChI=1S/C7H8N2O2/c8-1-4-5-2-9(7(10)11)3-6(4)5/h4-6H,2-3H2,(H,10,11)/t4-,5-,6+. The quantitative estimate of drug-likeness (QED) is 0.545. The third-order valence-corrected chi connectivity index (χ3v) is 2.61. The largest absolute Gasteiger partial charge is 0.465 e. The number of piperidine rings is 1. The first-order chi connectivity index (χ1) is 5.24. The second-order valence-electron chi connectivity index (χ2n) is 3.17. The van der Waals surface area contributed by atoms with Gasteiger partial charge < -0.3 is 10.0 Å². The third kappa shape index (κ3) is 0.773. The number of carboxylic acid groups (broad SMARTS) is 1. The number of nitriles is 1. The Balaban J connectivity index is 1.95. The molecule has 3 atom stereocenters. The normalized spacial score (nSPS) is 39.5. The average molecular weight is 152 g/mol. The van der Waals surface area contributed by atoms with Crippen molar-refractivity contribution in [2.24, 2.45) is 17.8 Å². The highest BCUT2D eigenvalue weighted by Crippen LogP contribution is 2.50. The number of nitrogens with zero attached hydrogens (tertiary/aromatic N) is 2. The Kier molecular flexibility index (Phi) is 1.10. The molecule has 1 amide bonds.